The zero-order chi connectivity index (χ0) is 10.6. The van der Waals surface area contributed by atoms with Crippen molar-refractivity contribution >= 4 is 5.97 Å². The van der Waals surface area contributed by atoms with Gasteiger partial charge in [-0.3, -0.25) is 9.69 Å². The van der Waals surface area contributed by atoms with Gasteiger partial charge in [0.15, 0.2) is 0 Å². The second-order valence-electron chi connectivity index (χ2n) is 3.64. The summed E-state index contributed by atoms with van der Waals surface area (Å²) in [6.45, 7) is 6.05. The van der Waals surface area contributed by atoms with E-state index in [1.54, 1.807) is 0 Å². The first-order valence-corrected chi connectivity index (χ1v) is 5.27. The first-order valence-electron chi connectivity index (χ1n) is 5.27. The molecule has 1 fully saturated rings. The largest absolute Gasteiger partial charge is 0.480 e. The molecule has 0 saturated carbocycles. The molecule has 0 radical (unpaired) electrons. The smallest absolute Gasteiger partial charge is 0.320 e. The molecule has 1 heterocycles. The number of carboxylic acid groups (broad SMARTS) is 1. The molecule has 4 nitrogen and oxygen atoms in total. The van der Waals surface area contributed by atoms with Crippen LogP contribution in [0.2, 0.25) is 0 Å². The molecule has 0 aromatic rings. The molecule has 0 aromatic heterocycles. The van der Waals surface area contributed by atoms with Gasteiger partial charge >= 0.3 is 5.97 Å². The molecule has 0 aliphatic carbocycles. The third kappa shape index (κ3) is 2.45. The standard InChI is InChI=1S/C10H19NO3/c1-3-8-7-14-6-5-11(8)9(4-2)10(12)13/h8-9H,3-7H2,1-2H3,(H,12,13). The fourth-order valence-corrected chi connectivity index (χ4v) is 1.98. The molecule has 2 atom stereocenters. The van der Waals surface area contributed by atoms with Crippen molar-refractivity contribution in [3.8, 4) is 0 Å². The van der Waals surface area contributed by atoms with Gasteiger partial charge in [-0.2, -0.15) is 0 Å². The first kappa shape index (κ1) is 11.5. The van der Waals surface area contributed by atoms with Crippen LogP contribution in [0.15, 0.2) is 0 Å². The Labute approximate surface area is 84.8 Å². The maximum Gasteiger partial charge on any atom is 0.320 e. The van der Waals surface area contributed by atoms with Gasteiger partial charge in [-0.15, -0.1) is 0 Å². The highest BCUT2D eigenvalue weighted by atomic mass is 16.5. The highest BCUT2D eigenvalue weighted by Crippen LogP contribution is 2.16. The zero-order valence-electron chi connectivity index (χ0n) is 8.90. The van der Waals surface area contributed by atoms with E-state index in [-0.39, 0.29) is 12.1 Å². The summed E-state index contributed by atoms with van der Waals surface area (Å²) in [5.41, 5.74) is 0. The van der Waals surface area contributed by atoms with Crippen LogP contribution >= 0.6 is 0 Å². The van der Waals surface area contributed by atoms with Crippen molar-refractivity contribution in [1.29, 1.82) is 0 Å². The van der Waals surface area contributed by atoms with Crippen LogP contribution in [0, 0.1) is 0 Å². The number of rotatable bonds is 4. The normalized spacial score (nSPS) is 26.0. The molecule has 2 unspecified atom stereocenters. The first-order chi connectivity index (χ1) is 6.70. The summed E-state index contributed by atoms with van der Waals surface area (Å²) in [6.07, 6.45) is 1.61. The van der Waals surface area contributed by atoms with Crippen LogP contribution in [0.3, 0.4) is 0 Å². The summed E-state index contributed by atoms with van der Waals surface area (Å²) in [4.78, 5) is 13.1. The number of aliphatic carboxylic acids is 1. The van der Waals surface area contributed by atoms with Gasteiger partial charge in [0.1, 0.15) is 6.04 Å². The third-order valence-electron chi connectivity index (χ3n) is 2.82. The maximum absolute atomic E-state index is 11.0. The van der Waals surface area contributed by atoms with E-state index in [1.807, 2.05) is 6.92 Å². The second kappa shape index (κ2) is 5.32. The Morgan fingerprint density at radius 2 is 2.36 bits per heavy atom. The van der Waals surface area contributed by atoms with Crippen molar-refractivity contribution in [2.45, 2.75) is 38.8 Å². The molecular weight excluding hydrogens is 182 g/mol. The van der Waals surface area contributed by atoms with Crippen LogP contribution in [-0.4, -0.2) is 47.8 Å². The van der Waals surface area contributed by atoms with E-state index in [1.165, 1.54) is 0 Å². The second-order valence-corrected chi connectivity index (χ2v) is 3.64. The van der Waals surface area contributed by atoms with Crippen LogP contribution in [0.4, 0.5) is 0 Å². The number of nitrogens with zero attached hydrogens (tertiary/aromatic N) is 1. The number of carboxylic acids is 1. The van der Waals surface area contributed by atoms with Crippen molar-refractivity contribution in [3.63, 3.8) is 0 Å². The fraction of sp³-hybridized carbons (Fsp3) is 0.900. The van der Waals surface area contributed by atoms with Crippen molar-refractivity contribution in [3.05, 3.63) is 0 Å². The van der Waals surface area contributed by atoms with Crippen LogP contribution in [0.25, 0.3) is 0 Å². The minimum Gasteiger partial charge on any atom is -0.480 e. The van der Waals surface area contributed by atoms with Crippen LogP contribution < -0.4 is 0 Å². The Bertz CT molecular complexity index is 196. The lowest BCUT2D eigenvalue weighted by Gasteiger charge is -2.38. The average molecular weight is 201 g/mol. The molecule has 0 aromatic carbocycles. The predicted octanol–water partition coefficient (Wildman–Crippen LogP) is 0.960. The third-order valence-corrected chi connectivity index (χ3v) is 2.82. The summed E-state index contributed by atoms with van der Waals surface area (Å²) in [5, 5.41) is 9.06. The Balaban J connectivity index is 2.65. The molecule has 4 heteroatoms. The fourth-order valence-electron chi connectivity index (χ4n) is 1.98. The van der Waals surface area contributed by atoms with Crippen LogP contribution in [-0.2, 0) is 9.53 Å². The van der Waals surface area contributed by atoms with E-state index < -0.39 is 5.97 Å². The van der Waals surface area contributed by atoms with E-state index in [0.29, 0.717) is 19.6 Å². The van der Waals surface area contributed by atoms with Gasteiger partial charge < -0.3 is 9.84 Å². The van der Waals surface area contributed by atoms with Gasteiger partial charge in [0.05, 0.1) is 13.2 Å². The van der Waals surface area contributed by atoms with E-state index >= 15 is 0 Å². The molecule has 1 rings (SSSR count). The number of hydrogen-bond donors (Lipinski definition) is 1. The number of ether oxygens (including phenoxy) is 1. The van der Waals surface area contributed by atoms with E-state index in [0.717, 1.165) is 13.0 Å². The van der Waals surface area contributed by atoms with E-state index in [2.05, 4.69) is 11.8 Å². The molecule has 0 bridgehead atoms. The monoisotopic (exact) mass is 201 g/mol. The van der Waals surface area contributed by atoms with Crippen molar-refractivity contribution < 1.29 is 14.6 Å². The number of hydrogen-bond acceptors (Lipinski definition) is 3. The molecular formula is C10H19NO3. The summed E-state index contributed by atoms with van der Waals surface area (Å²) < 4.78 is 5.34. The molecule has 1 N–H and O–H groups in total. The summed E-state index contributed by atoms with van der Waals surface area (Å²) in [6, 6.07) is -0.0753. The summed E-state index contributed by atoms with van der Waals surface area (Å²) in [5.74, 6) is -0.715. The van der Waals surface area contributed by atoms with E-state index in [4.69, 9.17) is 9.84 Å². The molecule has 0 spiro atoms. The Morgan fingerprint density at radius 3 is 2.86 bits per heavy atom. The van der Waals surface area contributed by atoms with Crippen molar-refractivity contribution in [2.75, 3.05) is 19.8 Å². The molecule has 82 valence electrons. The predicted molar refractivity (Wildman–Crippen MR) is 53.3 cm³/mol. The van der Waals surface area contributed by atoms with Crippen molar-refractivity contribution in [2.24, 2.45) is 0 Å². The average Bonchev–Trinajstić information content (AvgIpc) is 2.19. The topological polar surface area (TPSA) is 49.8 Å². The van der Waals surface area contributed by atoms with Gasteiger partial charge in [-0.25, -0.2) is 0 Å². The molecule has 1 aliphatic rings. The van der Waals surface area contributed by atoms with Gasteiger partial charge in [0.25, 0.3) is 0 Å². The summed E-state index contributed by atoms with van der Waals surface area (Å²) >= 11 is 0. The molecule has 14 heavy (non-hydrogen) atoms. The lowest BCUT2D eigenvalue weighted by atomic mass is 10.1. The molecule has 1 aliphatic heterocycles. The molecule has 1 saturated heterocycles. The number of carbonyl (C=O) groups is 1. The highest BCUT2D eigenvalue weighted by Gasteiger charge is 2.31. The lowest BCUT2D eigenvalue weighted by Crippen LogP contribution is -2.53. The SMILES string of the molecule is CCC1COCCN1C(CC)C(=O)O. The zero-order valence-corrected chi connectivity index (χ0v) is 8.90. The van der Waals surface area contributed by atoms with Gasteiger partial charge in [0.2, 0.25) is 0 Å². The highest BCUT2D eigenvalue weighted by molar-refractivity contribution is 5.73. The lowest BCUT2D eigenvalue weighted by molar-refractivity contribution is -0.147. The Hall–Kier alpha value is -0.610. The number of morpholine rings is 1. The minimum atomic E-state index is -0.715. The minimum absolute atomic E-state index is 0.268. The maximum atomic E-state index is 11.0. The molecule has 0 amide bonds. The van der Waals surface area contributed by atoms with E-state index in [9.17, 15) is 4.79 Å². The van der Waals surface area contributed by atoms with Gasteiger partial charge in [-0.1, -0.05) is 13.8 Å². The van der Waals surface area contributed by atoms with Gasteiger partial charge in [-0.05, 0) is 12.8 Å². The Morgan fingerprint density at radius 1 is 1.64 bits per heavy atom. The van der Waals surface area contributed by atoms with Gasteiger partial charge in [0, 0.05) is 12.6 Å². The summed E-state index contributed by atoms with van der Waals surface area (Å²) in [7, 11) is 0. The quantitative estimate of drug-likeness (QED) is 0.736. The Kier molecular flexibility index (Phi) is 4.35. The van der Waals surface area contributed by atoms with Crippen LogP contribution in [0.1, 0.15) is 26.7 Å². The van der Waals surface area contributed by atoms with Crippen molar-refractivity contribution in [1.82, 2.24) is 4.90 Å². The van der Waals surface area contributed by atoms with Crippen LogP contribution in [0.5, 0.6) is 0 Å².